The van der Waals surface area contributed by atoms with Crippen LogP contribution in [0.4, 0.5) is 5.95 Å². The smallest absolute Gasteiger partial charge is 0.289 e. The lowest BCUT2D eigenvalue weighted by molar-refractivity contribution is 0.0925. The number of nitrogen functional groups attached to an aromatic ring is 1. The van der Waals surface area contributed by atoms with Crippen molar-refractivity contribution in [2.24, 2.45) is 0 Å². The van der Waals surface area contributed by atoms with Crippen LogP contribution >= 0.6 is 0 Å². The van der Waals surface area contributed by atoms with Crippen LogP contribution in [0.1, 0.15) is 41.1 Å². The van der Waals surface area contributed by atoms with Crippen LogP contribution in [0, 0.1) is 6.92 Å². The Labute approximate surface area is 111 Å². The molecular weight excluding hydrogens is 242 g/mol. The van der Waals surface area contributed by atoms with Gasteiger partial charge in [0.2, 0.25) is 11.8 Å². The van der Waals surface area contributed by atoms with Gasteiger partial charge in [0.15, 0.2) is 0 Å². The van der Waals surface area contributed by atoms with Gasteiger partial charge in [0, 0.05) is 0 Å². The predicted octanol–water partition coefficient (Wildman–Crippen LogP) is 1.58. The van der Waals surface area contributed by atoms with Crippen LogP contribution < -0.4 is 11.1 Å². The predicted molar refractivity (Wildman–Crippen MR) is 72.5 cm³/mol. The highest BCUT2D eigenvalue weighted by molar-refractivity contribution is 5.90. The minimum atomic E-state index is -0.309. The number of nitrogens with two attached hydrogens (primary N) is 1. The summed E-state index contributed by atoms with van der Waals surface area (Å²) in [6, 6.07) is 8.02. The largest absolute Gasteiger partial charge is 0.366 e. The lowest BCUT2D eigenvalue weighted by atomic mass is 10.0. The number of nitrogens with one attached hydrogen (secondary N) is 2. The summed E-state index contributed by atoms with van der Waals surface area (Å²) >= 11 is 0. The van der Waals surface area contributed by atoms with Gasteiger partial charge in [-0.2, -0.15) is 4.98 Å². The molecule has 2 rings (SSSR count). The molecule has 0 fully saturated rings. The molecule has 0 saturated heterocycles. The first-order chi connectivity index (χ1) is 9.10. The summed E-state index contributed by atoms with van der Waals surface area (Å²) in [4.78, 5) is 15.8. The molecule has 1 unspecified atom stereocenters. The molecule has 0 radical (unpaired) electrons. The third-order valence-corrected chi connectivity index (χ3v) is 2.91. The van der Waals surface area contributed by atoms with Crippen LogP contribution in [0.5, 0.6) is 0 Å². The van der Waals surface area contributed by atoms with E-state index in [0.29, 0.717) is 0 Å². The van der Waals surface area contributed by atoms with Crippen molar-refractivity contribution in [1.82, 2.24) is 20.5 Å². The molecule has 1 aromatic heterocycles. The molecule has 0 aliphatic rings. The summed E-state index contributed by atoms with van der Waals surface area (Å²) in [6.07, 6.45) is 0.790. The number of nitrogens with zero attached hydrogens (tertiary/aromatic N) is 2. The Kier molecular flexibility index (Phi) is 3.79. The number of carbonyl (C=O) groups is 1. The Bertz CT molecular complexity index is 561. The number of aromatic nitrogens is 3. The number of H-pyrrole nitrogens is 1. The summed E-state index contributed by atoms with van der Waals surface area (Å²) in [5.41, 5.74) is 7.63. The maximum absolute atomic E-state index is 12.0. The number of carbonyl (C=O) groups excluding carboxylic acids is 1. The van der Waals surface area contributed by atoms with E-state index in [1.54, 1.807) is 0 Å². The third kappa shape index (κ3) is 3.09. The van der Waals surface area contributed by atoms with Crippen molar-refractivity contribution in [3.8, 4) is 0 Å². The number of aryl methyl sites for hydroxylation is 1. The Balaban J connectivity index is 2.11. The number of amides is 1. The highest BCUT2D eigenvalue weighted by atomic mass is 16.2. The lowest BCUT2D eigenvalue weighted by Gasteiger charge is -2.16. The average Bonchev–Trinajstić information content (AvgIpc) is 2.84. The van der Waals surface area contributed by atoms with E-state index in [4.69, 9.17) is 5.73 Å². The lowest BCUT2D eigenvalue weighted by Crippen LogP contribution is -2.29. The molecule has 1 aromatic carbocycles. The maximum Gasteiger partial charge on any atom is 0.289 e. The first-order valence-electron chi connectivity index (χ1n) is 6.15. The third-order valence-electron chi connectivity index (χ3n) is 2.91. The number of anilines is 1. The van der Waals surface area contributed by atoms with Crippen LogP contribution in [0.25, 0.3) is 0 Å². The molecule has 1 atom stereocenters. The quantitative estimate of drug-likeness (QED) is 0.776. The van der Waals surface area contributed by atoms with Crippen LogP contribution in [-0.2, 0) is 0 Å². The van der Waals surface area contributed by atoms with E-state index in [0.717, 1.165) is 12.0 Å². The minimum Gasteiger partial charge on any atom is -0.366 e. The standard InChI is InChI=1S/C13H17N5O/c1-3-10(9-6-4-8(2)5-7-9)15-12(19)11-16-13(14)18-17-11/h4-7,10H,3H2,1-2H3,(H,15,19)(H3,14,16,17,18). The number of rotatable bonds is 4. The zero-order valence-corrected chi connectivity index (χ0v) is 11.0. The van der Waals surface area contributed by atoms with Crippen molar-refractivity contribution in [2.45, 2.75) is 26.3 Å². The molecule has 0 saturated carbocycles. The maximum atomic E-state index is 12.0. The van der Waals surface area contributed by atoms with Crippen molar-refractivity contribution in [1.29, 1.82) is 0 Å². The second-order valence-electron chi connectivity index (χ2n) is 4.39. The second kappa shape index (κ2) is 5.51. The summed E-state index contributed by atoms with van der Waals surface area (Å²) in [5.74, 6) is -0.117. The molecule has 19 heavy (non-hydrogen) atoms. The summed E-state index contributed by atoms with van der Waals surface area (Å²) in [7, 11) is 0. The number of hydrogen-bond acceptors (Lipinski definition) is 4. The van der Waals surface area contributed by atoms with Gasteiger partial charge in [-0.15, -0.1) is 5.10 Å². The number of benzene rings is 1. The van der Waals surface area contributed by atoms with E-state index >= 15 is 0 Å². The molecule has 6 heteroatoms. The highest BCUT2D eigenvalue weighted by Crippen LogP contribution is 2.17. The molecule has 1 heterocycles. The SMILES string of the molecule is CCC(NC(=O)c1nc(N)n[nH]1)c1ccc(C)cc1. The van der Waals surface area contributed by atoms with Crippen LogP contribution in [0.3, 0.4) is 0 Å². The fourth-order valence-electron chi connectivity index (χ4n) is 1.82. The molecule has 0 spiro atoms. The van der Waals surface area contributed by atoms with Gasteiger partial charge < -0.3 is 11.1 Å². The molecule has 4 N–H and O–H groups in total. The van der Waals surface area contributed by atoms with Crippen molar-refractivity contribution in [3.63, 3.8) is 0 Å². The van der Waals surface area contributed by atoms with Gasteiger partial charge >= 0.3 is 0 Å². The van der Waals surface area contributed by atoms with E-state index in [9.17, 15) is 4.79 Å². The molecule has 6 nitrogen and oxygen atoms in total. The van der Waals surface area contributed by atoms with Crippen molar-refractivity contribution >= 4 is 11.9 Å². The summed E-state index contributed by atoms with van der Waals surface area (Å²) in [6.45, 7) is 4.04. The van der Waals surface area contributed by atoms with Gasteiger partial charge in [0.1, 0.15) is 0 Å². The van der Waals surface area contributed by atoms with Crippen LogP contribution in [-0.4, -0.2) is 21.1 Å². The number of aromatic amines is 1. The van der Waals surface area contributed by atoms with E-state index in [-0.39, 0.29) is 23.7 Å². The van der Waals surface area contributed by atoms with Gasteiger partial charge in [0.25, 0.3) is 5.91 Å². The minimum absolute atomic E-state index is 0.0561. The zero-order chi connectivity index (χ0) is 13.8. The first-order valence-corrected chi connectivity index (χ1v) is 6.15. The fourth-order valence-corrected chi connectivity index (χ4v) is 1.82. The van der Waals surface area contributed by atoms with E-state index in [2.05, 4.69) is 20.5 Å². The molecular formula is C13H17N5O. The van der Waals surface area contributed by atoms with Gasteiger partial charge in [-0.3, -0.25) is 9.89 Å². The van der Waals surface area contributed by atoms with E-state index in [1.165, 1.54) is 5.56 Å². The Morgan fingerprint density at radius 3 is 2.63 bits per heavy atom. The zero-order valence-electron chi connectivity index (χ0n) is 11.0. The van der Waals surface area contributed by atoms with Gasteiger partial charge in [0.05, 0.1) is 6.04 Å². The Morgan fingerprint density at radius 1 is 1.42 bits per heavy atom. The fraction of sp³-hybridized carbons (Fsp3) is 0.308. The molecule has 0 aliphatic heterocycles. The Morgan fingerprint density at radius 2 is 2.11 bits per heavy atom. The van der Waals surface area contributed by atoms with Crippen molar-refractivity contribution < 1.29 is 4.79 Å². The first kappa shape index (κ1) is 13.1. The Hall–Kier alpha value is -2.37. The molecule has 0 aliphatic carbocycles. The molecule has 0 bridgehead atoms. The number of hydrogen-bond donors (Lipinski definition) is 3. The van der Waals surface area contributed by atoms with Crippen LogP contribution in [0.15, 0.2) is 24.3 Å². The van der Waals surface area contributed by atoms with Crippen LogP contribution in [0.2, 0.25) is 0 Å². The summed E-state index contributed by atoms with van der Waals surface area (Å²) in [5, 5.41) is 9.04. The van der Waals surface area contributed by atoms with Gasteiger partial charge in [-0.1, -0.05) is 36.8 Å². The average molecular weight is 259 g/mol. The summed E-state index contributed by atoms with van der Waals surface area (Å²) < 4.78 is 0. The molecule has 100 valence electrons. The monoisotopic (exact) mass is 259 g/mol. The molecule has 1 amide bonds. The van der Waals surface area contributed by atoms with Crippen molar-refractivity contribution in [2.75, 3.05) is 5.73 Å². The molecule has 2 aromatic rings. The van der Waals surface area contributed by atoms with Gasteiger partial charge in [-0.25, -0.2) is 0 Å². The second-order valence-corrected chi connectivity index (χ2v) is 4.39. The van der Waals surface area contributed by atoms with Crippen molar-refractivity contribution in [3.05, 3.63) is 41.2 Å². The van der Waals surface area contributed by atoms with Gasteiger partial charge in [-0.05, 0) is 18.9 Å². The normalized spacial score (nSPS) is 12.1. The van der Waals surface area contributed by atoms with E-state index in [1.807, 2.05) is 38.1 Å². The topological polar surface area (TPSA) is 96.7 Å². The van der Waals surface area contributed by atoms with E-state index < -0.39 is 0 Å². The highest BCUT2D eigenvalue weighted by Gasteiger charge is 2.16.